The molecule has 0 spiro atoms. The molecule has 4 amide bonds. The zero-order valence-corrected chi connectivity index (χ0v) is 17.8. The predicted molar refractivity (Wildman–Crippen MR) is 115 cm³/mol. The van der Waals surface area contributed by atoms with Crippen molar-refractivity contribution in [2.24, 2.45) is 5.92 Å². The van der Waals surface area contributed by atoms with Crippen molar-refractivity contribution in [3.63, 3.8) is 0 Å². The minimum Gasteiger partial charge on any atom is -0.353 e. The molecule has 1 aromatic rings. The maximum absolute atomic E-state index is 12.9. The van der Waals surface area contributed by atoms with E-state index in [1.807, 2.05) is 23.6 Å². The van der Waals surface area contributed by atoms with Gasteiger partial charge < -0.3 is 5.32 Å². The first-order valence-corrected chi connectivity index (χ1v) is 11.0. The molecule has 2 heterocycles. The summed E-state index contributed by atoms with van der Waals surface area (Å²) in [5, 5.41) is 4.29. The number of thioether (sulfide) groups is 1. The van der Waals surface area contributed by atoms with Gasteiger partial charge in [0.05, 0.1) is 6.54 Å². The number of nitrogens with one attached hydrogen (secondary N) is 1. The lowest BCUT2D eigenvalue weighted by Gasteiger charge is -2.24. The number of amides is 4. The first kappa shape index (κ1) is 21.3. The van der Waals surface area contributed by atoms with Gasteiger partial charge in [-0.2, -0.15) is 14.3 Å². The second-order valence-electron chi connectivity index (χ2n) is 7.72. The van der Waals surface area contributed by atoms with Crippen molar-refractivity contribution >= 4 is 35.3 Å². The van der Waals surface area contributed by atoms with Crippen LogP contribution in [0.25, 0.3) is 0 Å². The molecule has 1 atom stereocenters. The average Bonchev–Trinajstić information content (AvgIpc) is 3.19. The van der Waals surface area contributed by atoms with E-state index in [9.17, 15) is 14.4 Å². The van der Waals surface area contributed by atoms with Gasteiger partial charge in [-0.05, 0) is 42.2 Å². The smallest absolute Gasteiger partial charge is 0.353 e. The van der Waals surface area contributed by atoms with Crippen LogP contribution in [0.3, 0.4) is 0 Å². The summed E-state index contributed by atoms with van der Waals surface area (Å²) in [6.45, 7) is 4.99. The minimum absolute atomic E-state index is 0.0631. The summed E-state index contributed by atoms with van der Waals surface area (Å²) in [7, 11) is 0. The second kappa shape index (κ2) is 9.87. The van der Waals surface area contributed by atoms with Crippen molar-refractivity contribution in [1.82, 2.24) is 10.2 Å². The molecule has 154 valence electrons. The number of allylic oxidation sites excluding steroid dienone is 1. The van der Waals surface area contributed by atoms with Crippen molar-refractivity contribution in [1.29, 1.82) is 0 Å². The van der Waals surface area contributed by atoms with E-state index in [2.05, 4.69) is 31.3 Å². The van der Waals surface area contributed by atoms with Crippen LogP contribution in [0, 0.1) is 5.92 Å². The molecular weight excluding hydrogens is 386 g/mol. The van der Waals surface area contributed by atoms with E-state index in [-0.39, 0.29) is 18.4 Å². The van der Waals surface area contributed by atoms with Crippen LogP contribution in [0.5, 0.6) is 0 Å². The van der Waals surface area contributed by atoms with Crippen molar-refractivity contribution in [2.45, 2.75) is 38.4 Å². The van der Waals surface area contributed by atoms with E-state index in [0.29, 0.717) is 24.7 Å². The molecule has 0 fully saturated rings. The summed E-state index contributed by atoms with van der Waals surface area (Å²) in [6.07, 6.45) is 4.24. The monoisotopic (exact) mass is 414 g/mol. The van der Waals surface area contributed by atoms with Gasteiger partial charge in [0, 0.05) is 6.54 Å². The molecule has 1 N–H and O–H groups in total. The van der Waals surface area contributed by atoms with E-state index < -0.39 is 11.3 Å². The van der Waals surface area contributed by atoms with E-state index >= 15 is 0 Å². The van der Waals surface area contributed by atoms with Gasteiger partial charge in [-0.3, -0.25) is 4.79 Å². The second-order valence-corrected chi connectivity index (χ2v) is 8.74. The van der Waals surface area contributed by atoms with Gasteiger partial charge in [0.2, 0.25) is 0 Å². The quantitative estimate of drug-likeness (QED) is 0.498. The van der Waals surface area contributed by atoms with Gasteiger partial charge in [0.15, 0.2) is 11.8 Å². The van der Waals surface area contributed by atoms with E-state index in [1.165, 1.54) is 26.8 Å². The SMILES string of the molecule is CC(C)CCN1C(=O)C2SC=CC2=[N+](CC(=O)NCCCc2ccccc2)C1=O. The van der Waals surface area contributed by atoms with E-state index in [1.54, 1.807) is 6.08 Å². The number of imide groups is 1. The van der Waals surface area contributed by atoms with Gasteiger partial charge >= 0.3 is 11.9 Å². The molecule has 1 unspecified atom stereocenters. The topological polar surface area (TPSA) is 69.5 Å². The zero-order valence-electron chi connectivity index (χ0n) is 17.0. The number of hydrogen-bond donors (Lipinski definition) is 1. The third kappa shape index (κ3) is 5.35. The van der Waals surface area contributed by atoms with Gasteiger partial charge in [0.1, 0.15) is 5.71 Å². The van der Waals surface area contributed by atoms with Crippen LogP contribution < -0.4 is 5.32 Å². The Morgan fingerprint density at radius 3 is 2.72 bits per heavy atom. The van der Waals surface area contributed by atoms with E-state index in [4.69, 9.17) is 0 Å². The van der Waals surface area contributed by atoms with Gasteiger partial charge in [0.25, 0.3) is 5.91 Å². The Hall–Kier alpha value is -2.41. The van der Waals surface area contributed by atoms with Gasteiger partial charge in [-0.25, -0.2) is 4.79 Å². The molecule has 7 heteroatoms. The Morgan fingerprint density at radius 1 is 1.24 bits per heavy atom. The molecule has 2 aliphatic heterocycles. The predicted octanol–water partition coefficient (Wildman–Crippen LogP) is 2.83. The molecular formula is C22H28N3O3S+. The average molecular weight is 415 g/mol. The molecule has 29 heavy (non-hydrogen) atoms. The highest BCUT2D eigenvalue weighted by Crippen LogP contribution is 2.28. The maximum atomic E-state index is 12.9. The van der Waals surface area contributed by atoms with Crippen LogP contribution in [-0.2, 0) is 16.0 Å². The molecule has 0 aromatic heterocycles. The molecule has 2 aliphatic rings. The summed E-state index contributed by atoms with van der Waals surface area (Å²) in [5.74, 6) is -0.00187. The van der Waals surface area contributed by atoms with Crippen LogP contribution in [0.2, 0.25) is 0 Å². The fraction of sp³-hybridized carbons (Fsp3) is 0.455. The van der Waals surface area contributed by atoms with Crippen LogP contribution in [-0.4, -0.2) is 57.9 Å². The minimum atomic E-state index is -0.425. The van der Waals surface area contributed by atoms with Gasteiger partial charge in [-0.15, -0.1) is 11.8 Å². The molecule has 3 rings (SSSR count). The Balaban J connectivity index is 1.59. The van der Waals surface area contributed by atoms with Crippen LogP contribution in [0.15, 0.2) is 41.8 Å². The van der Waals surface area contributed by atoms with Crippen molar-refractivity contribution in [2.75, 3.05) is 19.6 Å². The number of carbonyl (C=O) groups excluding carboxylic acids is 3. The first-order chi connectivity index (χ1) is 14.0. The third-order valence-electron chi connectivity index (χ3n) is 5.02. The number of benzene rings is 1. The lowest BCUT2D eigenvalue weighted by molar-refractivity contribution is -0.426. The lowest BCUT2D eigenvalue weighted by atomic mass is 10.1. The summed E-state index contributed by atoms with van der Waals surface area (Å²) in [4.78, 5) is 39.4. The fourth-order valence-corrected chi connectivity index (χ4v) is 4.33. The summed E-state index contributed by atoms with van der Waals surface area (Å²) in [5.41, 5.74) is 1.85. The van der Waals surface area contributed by atoms with Crippen molar-refractivity contribution in [3.05, 3.63) is 47.4 Å². The normalized spacial score (nSPS) is 18.6. The number of hydrogen-bond acceptors (Lipinski definition) is 4. The summed E-state index contributed by atoms with van der Waals surface area (Å²) in [6, 6.07) is 9.73. The van der Waals surface area contributed by atoms with E-state index in [0.717, 1.165) is 19.3 Å². The Labute approximate surface area is 176 Å². The largest absolute Gasteiger partial charge is 0.501 e. The van der Waals surface area contributed by atoms with Crippen LogP contribution >= 0.6 is 11.8 Å². The summed E-state index contributed by atoms with van der Waals surface area (Å²) < 4.78 is 1.45. The standard InChI is InChI=1S/C22H27N3O3S/c1-16(2)10-13-24-21(27)20-18(11-14-29-20)25(22(24)28)15-19(26)23-12-6-9-17-7-4-3-5-8-17/h3-5,7-8,11,14,16,20H,6,9-10,12-13,15H2,1-2H3/p+1. The molecule has 0 saturated heterocycles. The number of rotatable bonds is 9. The molecule has 0 bridgehead atoms. The highest BCUT2D eigenvalue weighted by Gasteiger charge is 2.49. The van der Waals surface area contributed by atoms with Crippen molar-refractivity contribution < 1.29 is 19.0 Å². The molecule has 6 nitrogen and oxygen atoms in total. The Morgan fingerprint density at radius 2 is 2.00 bits per heavy atom. The number of nitrogens with zero attached hydrogens (tertiary/aromatic N) is 2. The number of fused-ring (bicyclic) bond motifs is 1. The molecule has 0 aliphatic carbocycles. The summed E-state index contributed by atoms with van der Waals surface area (Å²) >= 11 is 1.39. The molecule has 0 radical (unpaired) electrons. The Kier molecular flexibility index (Phi) is 7.25. The highest BCUT2D eigenvalue weighted by molar-refractivity contribution is 8.04. The highest BCUT2D eigenvalue weighted by atomic mass is 32.2. The zero-order chi connectivity index (χ0) is 20.8. The number of carbonyl (C=O) groups is 3. The fourth-order valence-electron chi connectivity index (χ4n) is 3.37. The molecule has 0 saturated carbocycles. The number of urea groups is 1. The number of aryl methyl sites for hydroxylation is 1. The Bertz CT molecular complexity index is 833. The maximum Gasteiger partial charge on any atom is 0.501 e. The van der Waals surface area contributed by atoms with Crippen LogP contribution in [0.4, 0.5) is 4.79 Å². The first-order valence-electron chi connectivity index (χ1n) is 10.1. The lowest BCUT2D eigenvalue weighted by Crippen LogP contribution is -2.56. The van der Waals surface area contributed by atoms with Crippen molar-refractivity contribution in [3.8, 4) is 0 Å². The third-order valence-corrected chi connectivity index (χ3v) is 6.03. The van der Waals surface area contributed by atoms with Gasteiger partial charge in [-0.1, -0.05) is 44.2 Å². The molecule has 1 aromatic carbocycles. The van der Waals surface area contributed by atoms with Crippen LogP contribution in [0.1, 0.15) is 32.3 Å².